The number of ether oxygens (including phenoxy) is 1. The Morgan fingerprint density at radius 3 is 1.64 bits per heavy atom. The maximum absolute atomic E-state index is 13.2. The molecule has 0 spiro atoms. The van der Waals surface area contributed by atoms with Crippen LogP contribution in [0.4, 0.5) is 28.9 Å². The number of hydrogen-bond acceptors (Lipinski definition) is 5. The summed E-state index contributed by atoms with van der Waals surface area (Å²) in [7, 11) is 4.42. The zero-order valence-electron chi connectivity index (χ0n) is 18.9. The van der Waals surface area contributed by atoms with Crippen LogP contribution in [0, 0.1) is 44.9 Å². The van der Waals surface area contributed by atoms with E-state index in [1.165, 1.54) is 14.2 Å². The molecule has 0 fully saturated rings. The molecule has 0 bridgehead atoms. The molecule has 0 aliphatic rings. The maximum Gasteiger partial charge on any atom is 0.199 e. The fourth-order valence-corrected chi connectivity index (χ4v) is 2.86. The van der Waals surface area contributed by atoms with E-state index in [9.17, 15) is 17.6 Å². The van der Waals surface area contributed by atoms with Crippen molar-refractivity contribution in [2.75, 3.05) is 31.8 Å². The molecule has 2 rings (SSSR count). The van der Waals surface area contributed by atoms with Crippen LogP contribution < -0.4 is 36.6 Å². The predicted octanol–water partition coefficient (Wildman–Crippen LogP) is 3.43. The Morgan fingerprint density at radius 2 is 1.19 bits per heavy atom. The first kappa shape index (κ1) is 30.1. The van der Waals surface area contributed by atoms with E-state index in [-0.39, 0.29) is 23.9 Å². The van der Waals surface area contributed by atoms with Gasteiger partial charge in [-0.1, -0.05) is 23.2 Å². The van der Waals surface area contributed by atoms with Crippen LogP contribution in [0.15, 0.2) is 18.2 Å². The fraction of sp³-hybridized carbons (Fsp3) is 0.158. The molecule has 2 aromatic carbocycles. The number of guanidine groups is 4. The Bertz CT molecular complexity index is 1140. The monoisotopic (exact) mass is 552 g/mol. The van der Waals surface area contributed by atoms with Gasteiger partial charge < -0.3 is 26.0 Å². The minimum Gasteiger partial charge on any atom is -0.494 e. The molecule has 0 amide bonds. The summed E-state index contributed by atoms with van der Waals surface area (Å²) in [5.74, 6) is -7.40. The lowest BCUT2D eigenvalue weighted by atomic mass is 10.2. The molecule has 0 saturated heterocycles. The van der Waals surface area contributed by atoms with Crippen molar-refractivity contribution < 1.29 is 22.3 Å². The molecule has 0 aromatic heterocycles. The average molecular weight is 553 g/mol. The summed E-state index contributed by atoms with van der Waals surface area (Å²) in [6.07, 6.45) is 0. The quantitative estimate of drug-likeness (QED) is 0.0910. The SMILES string of the molecule is CNC(=N)NC(=N)Nc1c(F)cc(F)c(F)c1F.CNC(=N)NC(=N)Nc1cc(Cl)c(OC)c(Cl)c1. The van der Waals surface area contributed by atoms with E-state index in [1.807, 2.05) is 5.32 Å². The van der Waals surface area contributed by atoms with Gasteiger partial charge in [0.1, 0.15) is 5.69 Å². The summed E-state index contributed by atoms with van der Waals surface area (Å²) in [5, 5.41) is 43.8. The Labute approximate surface area is 212 Å². The standard InChI is InChI=1S/C10H13Cl2N5O.C9H9F4N5/c1-15-9(13)17-10(14)16-5-3-6(11)8(18-2)7(12)4-5;1-16-8(14)18-9(15)17-7-4(11)2-3(10)5(12)6(7)13/h3-4H,1-2H3,(H5,13,14,15,16,17);2H,1H3,(H5,14,15,16,17,18). The van der Waals surface area contributed by atoms with Crippen LogP contribution in [0.1, 0.15) is 0 Å². The van der Waals surface area contributed by atoms with Gasteiger partial charge in [-0.2, -0.15) is 0 Å². The van der Waals surface area contributed by atoms with Crippen LogP contribution in [0.2, 0.25) is 10.0 Å². The molecule has 10 N–H and O–H groups in total. The van der Waals surface area contributed by atoms with Crippen molar-refractivity contribution in [1.29, 1.82) is 21.6 Å². The third-order valence-electron chi connectivity index (χ3n) is 3.84. The molecule has 2 aromatic rings. The van der Waals surface area contributed by atoms with Crippen molar-refractivity contribution in [2.24, 2.45) is 0 Å². The van der Waals surface area contributed by atoms with Crippen molar-refractivity contribution in [3.8, 4) is 5.75 Å². The predicted molar refractivity (Wildman–Crippen MR) is 132 cm³/mol. The third-order valence-corrected chi connectivity index (χ3v) is 4.40. The summed E-state index contributed by atoms with van der Waals surface area (Å²) < 4.78 is 56.8. The smallest absolute Gasteiger partial charge is 0.199 e. The molecule has 17 heteroatoms. The van der Waals surface area contributed by atoms with Gasteiger partial charge in [0, 0.05) is 25.8 Å². The maximum atomic E-state index is 13.2. The highest BCUT2D eigenvalue weighted by Gasteiger charge is 2.20. The third kappa shape index (κ3) is 8.66. The summed E-state index contributed by atoms with van der Waals surface area (Å²) in [5.41, 5.74) is -0.498. The van der Waals surface area contributed by atoms with Crippen molar-refractivity contribution in [2.45, 2.75) is 0 Å². The van der Waals surface area contributed by atoms with Crippen molar-refractivity contribution >= 4 is 58.4 Å². The lowest BCUT2D eigenvalue weighted by Crippen LogP contribution is -2.41. The van der Waals surface area contributed by atoms with E-state index in [0.29, 0.717) is 21.5 Å². The second kappa shape index (κ2) is 13.8. The lowest BCUT2D eigenvalue weighted by molar-refractivity contribution is 0.415. The molecule has 196 valence electrons. The highest BCUT2D eigenvalue weighted by Crippen LogP contribution is 2.35. The molecule has 0 heterocycles. The Morgan fingerprint density at radius 1 is 0.722 bits per heavy atom. The van der Waals surface area contributed by atoms with Gasteiger partial charge in [-0.05, 0) is 12.1 Å². The molecule has 0 unspecified atom stereocenters. The van der Waals surface area contributed by atoms with Gasteiger partial charge in [0.2, 0.25) is 0 Å². The van der Waals surface area contributed by atoms with Crippen LogP contribution >= 0.6 is 23.2 Å². The first-order valence-electron chi connectivity index (χ1n) is 9.48. The Hall–Kier alpha value is -3.98. The van der Waals surface area contributed by atoms with Gasteiger partial charge in [-0.15, -0.1) is 0 Å². The Balaban J connectivity index is 0.000000360. The van der Waals surface area contributed by atoms with Gasteiger partial charge in [0.05, 0.1) is 17.2 Å². The molecular weight excluding hydrogens is 531 g/mol. The summed E-state index contributed by atoms with van der Waals surface area (Å²) in [6, 6.07) is 3.30. The number of nitrogens with one attached hydrogen (secondary N) is 10. The topological polar surface area (TPSA) is 177 Å². The summed E-state index contributed by atoms with van der Waals surface area (Å²) >= 11 is 11.9. The first-order valence-corrected chi connectivity index (χ1v) is 10.2. The molecule has 0 aliphatic heterocycles. The Kier molecular flexibility index (Phi) is 11.5. The summed E-state index contributed by atoms with van der Waals surface area (Å²) in [4.78, 5) is 0. The van der Waals surface area contributed by atoms with Crippen LogP contribution in [-0.2, 0) is 0 Å². The van der Waals surface area contributed by atoms with Crippen LogP contribution in [0.5, 0.6) is 5.75 Å². The highest BCUT2D eigenvalue weighted by molar-refractivity contribution is 6.37. The van der Waals surface area contributed by atoms with Crippen LogP contribution in [0.3, 0.4) is 0 Å². The van der Waals surface area contributed by atoms with E-state index in [0.717, 1.165) is 0 Å². The van der Waals surface area contributed by atoms with Crippen LogP contribution in [-0.4, -0.2) is 45.0 Å². The molecule has 0 atom stereocenters. The minimum atomic E-state index is -1.85. The van der Waals surface area contributed by atoms with Gasteiger partial charge >= 0.3 is 0 Å². The molecule has 0 radical (unpaired) electrons. The normalized spacial score (nSPS) is 9.69. The van der Waals surface area contributed by atoms with Gasteiger partial charge in [0.25, 0.3) is 0 Å². The van der Waals surface area contributed by atoms with Gasteiger partial charge in [-0.3, -0.25) is 32.3 Å². The largest absolute Gasteiger partial charge is 0.494 e. The van der Waals surface area contributed by atoms with E-state index >= 15 is 0 Å². The fourth-order valence-electron chi connectivity index (χ4n) is 2.21. The molecule has 0 saturated carbocycles. The average Bonchev–Trinajstić information content (AvgIpc) is 2.80. The van der Waals surface area contributed by atoms with E-state index in [4.69, 9.17) is 49.6 Å². The lowest BCUT2D eigenvalue weighted by Gasteiger charge is -2.12. The van der Waals surface area contributed by atoms with Gasteiger partial charge in [-0.25, -0.2) is 17.6 Å². The number of benzene rings is 2. The first-order chi connectivity index (χ1) is 16.8. The molecule has 11 nitrogen and oxygen atoms in total. The molecule has 0 aliphatic carbocycles. The van der Waals surface area contributed by atoms with E-state index < -0.39 is 34.9 Å². The van der Waals surface area contributed by atoms with Crippen molar-refractivity contribution in [3.63, 3.8) is 0 Å². The minimum absolute atomic E-state index is 0.00166. The van der Waals surface area contributed by atoms with E-state index in [2.05, 4.69) is 26.6 Å². The zero-order chi connectivity index (χ0) is 27.6. The number of methoxy groups -OCH3 is 1. The number of rotatable bonds is 3. The van der Waals surface area contributed by atoms with E-state index in [1.54, 1.807) is 19.2 Å². The van der Waals surface area contributed by atoms with Gasteiger partial charge in [0.15, 0.2) is 52.9 Å². The number of anilines is 2. The van der Waals surface area contributed by atoms with Crippen molar-refractivity contribution in [1.82, 2.24) is 21.3 Å². The molecular formula is C19H22Cl2F4N10O. The number of hydrogen-bond donors (Lipinski definition) is 10. The number of halogens is 6. The van der Waals surface area contributed by atoms with Crippen LogP contribution in [0.25, 0.3) is 0 Å². The molecule has 36 heavy (non-hydrogen) atoms. The second-order valence-electron chi connectivity index (χ2n) is 6.32. The van der Waals surface area contributed by atoms with Crippen molar-refractivity contribution in [3.05, 3.63) is 51.5 Å². The highest BCUT2D eigenvalue weighted by atomic mass is 35.5. The summed E-state index contributed by atoms with van der Waals surface area (Å²) in [6.45, 7) is 0. The second-order valence-corrected chi connectivity index (χ2v) is 7.13. The zero-order valence-corrected chi connectivity index (χ0v) is 20.4.